The van der Waals surface area contributed by atoms with E-state index >= 15 is 0 Å². The van der Waals surface area contributed by atoms with Crippen molar-refractivity contribution in [3.63, 3.8) is 0 Å². The Morgan fingerprint density at radius 1 is 1.11 bits per heavy atom. The fraction of sp³-hybridized carbons (Fsp3) is 0.370. The summed E-state index contributed by atoms with van der Waals surface area (Å²) in [5.74, 6) is -0.473. The van der Waals surface area contributed by atoms with Crippen LogP contribution in [-0.2, 0) is 4.79 Å². The molecular weight excluding hydrogens is 461 g/mol. The van der Waals surface area contributed by atoms with Crippen LogP contribution in [0.15, 0.2) is 67.1 Å². The summed E-state index contributed by atoms with van der Waals surface area (Å²) in [7, 11) is 0. The number of nitrogens with one attached hydrogen (secondary N) is 2. The zero-order chi connectivity index (χ0) is 24.2. The summed E-state index contributed by atoms with van der Waals surface area (Å²) in [6.45, 7) is 0.460. The van der Waals surface area contributed by atoms with Gasteiger partial charge in [0.15, 0.2) is 5.11 Å². The maximum Gasteiger partial charge on any atom is 0.226 e. The second-order valence-electron chi connectivity index (χ2n) is 9.31. The van der Waals surface area contributed by atoms with Gasteiger partial charge in [-0.3, -0.25) is 9.78 Å². The Hall–Kier alpha value is -3.26. The number of aromatic nitrogens is 2. The lowest BCUT2D eigenvalue weighted by Gasteiger charge is -2.27. The Bertz CT molecular complexity index is 1160. The molecule has 1 aliphatic carbocycles. The van der Waals surface area contributed by atoms with Crippen LogP contribution < -0.4 is 10.6 Å². The second-order valence-corrected chi connectivity index (χ2v) is 9.70. The Morgan fingerprint density at radius 2 is 1.91 bits per heavy atom. The quantitative estimate of drug-likeness (QED) is 0.426. The number of hydrogen-bond donors (Lipinski definition) is 2. The highest BCUT2D eigenvalue weighted by Crippen LogP contribution is 2.39. The molecule has 1 saturated carbocycles. The fourth-order valence-corrected chi connectivity index (χ4v) is 5.53. The van der Waals surface area contributed by atoms with Crippen molar-refractivity contribution < 1.29 is 9.18 Å². The molecule has 2 N–H and O–H groups in total. The van der Waals surface area contributed by atoms with Crippen LogP contribution in [0.25, 0.3) is 0 Å². The van der Waals surface area contributed by atoms with Crippen LogP contribution in [0.3, 0.4) is 0 Å². The Morgan fingerprint density at radius 3 is 2.66 bits per heavy atom. The molecule has 2 fully saturated rings. The van der Waals surface area contributed by atoms with Crippen molar-refractivity contribution in [1.29, 1.82) is 0 Å². The lowest BCUT2D eigenvalue weighted by Crippen LogP contribution is -2.32. The third-order valence-electron chi connectivity index (χ3n) is 6.98. The number of halogens is 1. The zero-order valence-corrected chi connectivity index (χ0v) is 20.4. The molecular formula is C27H30FN5OS. The molecule has 182 valence electrons. The first-order valence-corrected chi connectivity index (χ1v) is 12.7. The molecule has 1 aromatic carbocycles. The van der Waals surface area contributed by atoms with Gasteiger partial charge in [-0.1, -0.05) is 25.3 Å². The first-order valence-electron chi connectivity index (χ1n) is 12.3. The van der Waals surface area contributed by atoms with Crippen LogP contribution in [0, 0.1) is 5.82 Å². The lowest BCUT2D eigenvalue weighted by molar-refractivity contribution is -0.116. The number of carbonyl (C=O) groups excluding carboxylic acids is 1. The third kappa shape index (κ3) is 5.37. The van der Waals surface area contributed by atoms with Crippen molar-refractivity contribution in [1.82, 2.24) is 19.8 Å². The van der Waals surface area contributed by atoms with E-state index in [1.807, 2.05) is 18.2 Å². The molecule has 3 heterocycles. The highest BCUT2D eigenvalue weighted by Gasteiger charge is 2.40. The van der Waals surface area contributed by atoms with Crippen LogP contribution >= 0.6 is 12.2 Å². The summed E-state index contributed by atoms with van der Waals surface area (Å²) in [6, 6.07) is 14.2. The number of pyridine rings is 1. The van der Waals surface area contributed by atoms with E-state index in [-0.39, 0.29) is 30.2 Å². The van der Waals surface area contributed by atoms with Crippen LogP contribution in [0.2, 0.25) is 0 Å². The van der Waals surface area contributed by atoms with Gasteiger partial charge in [-0.25, -0.2) is 4.39 Å². The van der Waals surface area contributed by atoms with Gasteiger partial charge < -0.3 is 20.1 Å². The van der Waals surface area contributed by atoms with E-state index in [4.69, 9.17) is 12.2 Å². The smallest absolute Gasteiger partial charge is 0.226 e. The lowest BCUT2D eigenvalue weighted by atomic mass is 9.95. The highest BCUT2D eigenvalue weighted by atomic mass is 32.1. The van der Waals surface area contributed by atoms with Gasteiger partial charge in [-0.15, -0.1) is 0 Å². The molecule has 0 bridgehead atoms. The van der Waals surface area contributed by atoms with E-state index in [1.54, 1.807) is 18.3 Å². The monoisotopic (exact) mass is 491 g/mol. The minimum absolute atomic E-state index is 0.0686. The fourth-order valence-electron chi connectivity index (χ4n) is 5.20. The standard InChI is InChI=1S/C27H30FN5OS/c28-20-9-11-21(12-10-20)30-24(34)14-17-33-26(25(31-27(33)35)23-8-4-5-15-29-23)19-13-16-32(18-19)22-6-2-1-3-7-22/h4-5,8-13,15-16,18,22,25-26H,1-3,6-7,14,17H2,(H,30,34)(H,31,35)/t25-,26-/m0/s1. The molecule has 5 rings (SSSR count). The van der Waals surface area contributed by atoms with Gasteiger partial charge in [-0.05, 0) is 73.1 Å². The maximum atomic E-state index is 13.2. The van der Waals surface area contributed by atoms with Crippen LogP contribution in [-0.4, -0.2) is 32.0 Å². The molecule has 2 aromatic heterocycles. The van der Waals surface area contributed by atoms with E-state index in [2.05, 4.69) is 43.5 Å². The van der Waals surface area contributed by atoms with Crippen molar-refractivity contribution in [2.75, 3.05) is 11.9 Å². The van der Waals surface area contributed by atoms with E-state index in [1.165, 1.54) is 44.2 Å². The molecule has 2 atom stereocenters. The van der Waals surface area contributed by atoms with E-state index in [9.17, 15) is 9.18 Å². The molecule has 1 saturated heterocycles. The Balaban J connectivity index is 1.35. The summed E-state index contributed by atoms with van der Waals surface area (Å²) >= 11 is 5.73. The third-order valence-corrected chi connectivity index (χ3v) is 7.33. The topological polar surface area (TPSA) is 62.2 Å². The van der Waals surface area contributed by atoms with Crippen molar-refractivity contribution in [2.45, 2.75) is 56.7 Å². The van der Waals surface area contributed by atoms with Gasteiger partial charge >= 0.3 is 0 Å². The zero-order valence-electron chi connectivity index (χ0n) is 19.6. The highest BCUT2D eigenvalue weighted by molar-refractivity contribution is 7.80. The minimum atomic E-state index is -0.333. The van der Waals surface area contributed by atoms with Gasteiger partial charge in [0.1, 0.15) is 5.82 Å². The summed E-state index contributed by atoms with van der Waals surface area (Å²) in [5, 5.41) is 6.91. The molecule has 0 spiro atoms. The number of thiocarbonyl (C=S) groups is 1. The molecule has 0 unspecified atom stereocenters. The first kappa shape index (κ1) is 23.5. The molecule has 0 radical (unpaired) electrons. The molecule has 1 aliphatic heterocycles. The normalized spacial score (nSPS) is 20.6. The summed E-state index contributed by atoms with van der Waals surface area (Å²) in [4.78, 5) is 19.3. The molecule has 1 amide bonds. The number of amides is 1. The van der Waals surface area contributed by atoms with Gasteiger partial charge in [0.2, 0.25) is 5.91 Å². The van der Waals surface area contributed by atoms with Crippen molar-refractivity contribution >= 4 is 28.9 Å². The number of rotatable bonds is 7. The average molecular weight is 492 g/mol. The second kappa shape index (κ2) is 10.6. The van der Waals surface area contributed by atoms with Gasteiger partial charge in [0.25, 0.3) is 0 Å². The number of anilines is 1. The predicted molar refractivity (Wildman–Crippen MR) is 138 cm³/mol. The SMILES string of the molecule is O=C(CCN1C(=S)N[C@@H](c2ccccn2)[C@@H]1c1ccn(C2CCCCC2)c1)Nc1ccc(F)cc1. The van der Waals surface area contributed by atoms with Crippen LogP contribution in [0.5, 0.6) is 0 Å². The largest absolute Gasteiger partial charge is 0.352 e. The summed E-state index contributed by atoms with van der Waals surface area (Å²) in [5.41, 5.74) is 2.66. The summed E-state index contributed by atoms with van der Waals surface area (Å²) in [6.07, 6.45) is 12.8. The predicted octanol–water partition coefficient (Wildman–Crippen LogP) is 5.53. The molecule has 2 aliphatic rings. The molecule has 35 heavy (non-hydrogen) atoms. The maximum absolute atomic E-state index is 13.2. The molecule has 3 aromatic rings. The number of hydrogen-bond acceptors (Lipinski definition) is 3. The molecule has 6 nitrogen and oxygen atoms in total. The van der Waals surface area contributed by atoms with Gasteiger partial charge in [-0.2, -0.15) is 0 Å². The van der Waals surface area contributed by atoms with E-state index < -0.39 is 0 Å². The van der Waals surface area contributed by atoms with E-state index in [0.717, 1.165) is 11.3 Å². The molecule has 8 heteroatoms. The Kier molecular flexibility index (Phi) is 7.08. The minimum Gasteiger partial charge on any atom is -0.352 e. The van der Waals surface area contributed by atoms with Crippen LogP contribution in [0.1, 0.15) is 67.9 Å². The first-order chi connectivity index (χ1) is 17.1. The Labute approximate surface area is 210 Å². The van der Waals surface area contributed by atoms with Crippen molar-refractivity contribution in [3.05, 3.63) is 84.2 Å². The summed E-state index contributed by atoms with van der Waals surface area (Å²) < 4.78 is 15.5. The van der Waals surface area contributed by atoms with Crippen LogP contribution in [0.4, 0.5) is 10.1 Å². The van der Waals surface area contributed by atoms with Crippen molar-refractivity contribution in [2.24, 2.45) is 0 Å². The number of benzene rings is 1. The average Bonchev–Trinajstić information content (AvgIpc) is 3.50. The van der Waals surface area contributed by atoms with Crippen molar-refractivity contribution in [3.8, 4) is 0 Å². The number of carbonyl (C=O) groups is 1. The van der Waals surface area contributed by atoms with Gasteiger partial charge in [0, 0.05) is 43.3 Å². The number of nitrogens with zero attached hydrogens (tertiary/aromatic N) is 3. The van der Waals surface area contributed by atoms with E-state index in [0.29, 0.717) is 23.4 Å². The van der Waals surface area contributed by atoms with Gasteiger partial charge in [0.05, 0.1) is 17.8 Å².